The standard InChI is InChI=1S/C27H28N2O5/c1-3-33-26(32)29(22-5-4-6-22)23-17(2)28-34-24(23)20-9-7-18(8-10-20)19-11-13-21(14-12-19)27(15-16-27)25(30)31/h7-14,22H,3-6,15-16H2,1-2H3,(H,30,31). The Bertz CT molecular complexity index is 1200. The van der Waals surface area contributed by atoms with Gasteiger partial charge in [-0.3, -0.25) is 9.69 Å². The van der Waals surface area contributed by atoms with Gasteiger partial charge in [-0.05, 0) is 62.6 Å². The topological polar surface area (TPSA) is 92.9 Å². The molecule has 2 aliphatic carbocycles. The lowest BCUT2D eigenvalue weighted by Gasteiger charge is -2.36. The van der Waals surface area contributed by atoms with Crippen LogP contribution in [0.15, 0.2) is 53.1 Å². The smallest absolute Gasteiger partial charge is 0.414 e. The highest BCUT2D eigenvalue weighted by molar-refractivity contribution is 5.94. The fourth-order valence-electron chi connectivity index (χ4n) is 4.65. The van der Waals surface area contributed by atoms with E-state index < -0.39 is 11.4 Å². The van der Waals surface area contributed by atoms with Gasteiger partial charge in [-0.15, -0.1) is 0 Å². The quantitative estimate of drug-likeness (QED) is 0.468. The normalized spacial score (nSPS) is 16.5. The van der Waals surface area contributed by atoms with Gasteiger partial charge in [0.05, 0.1) is 12.0 Å². The molecule has 0 saturated heterocycles. The Hall–Kier alpha value is -3.61. The molecule has 1 aromatic heterocycles. The molecule has 0 radical (unpaired) electrons. The Morgan fingerprint density at radius 2 is 1.65 bits per heavy atom. The molecule has 7 heteroatoms. The van der Waals surface area contributed by atoms with E-state index in [4.69, 9.17) is 9.26 Å². The Kier molecular flexibility index (Phi) is 5.63. The second-order valence-corrected chi connectivity index (χ2v) is 9.14. The van der Waals surface area contributed by atoms with Crippen molar-refractivity contribution >= 4 is 17.7 Å². The number of amides is 1. The van der Waals surface area contributed by atoms with Crippen LogP contribution in [-0.4, -0.2) is 35.0 Å². The average molecular weight is 461 g/mol. The number of aryl methyl sites for hydroxylation is 1. The minimum absolute atomic E-state index is 0.0919. The molecule has 176 valence electrons. The van der Waals surface area contributed by atoms with Crippen LogP contribution in [0.25, 0.3) is 22.5 Å². The Morgan fingerprint density at radius 3 is 2.15 bits per heavy atom. The van der Waals surface area contributed by atoms with Gasteiger partial charge in [0.2, 0.25) is 0 Å². The summed E-state index contributed by atoms with van der Waals surface area (Å²) in [5, 5.41) is 13.7. The first-order valence-electron chi connectivity index (χ1n) is 11.8. The van der Waals surface area contributed by atoms with Crippen molar-refractivity contribution in [2.24, 2.45) is 0 Å². The molecule has 5 rings (SSSR count). The zero-order valence-electron chi connectivity index (χ0n) is 19.4. The van der Waals surface area contributed by atoms with Crippen LogP contribution in [0.2, 0.25) is 0 Å². The van der Waals surface area contributed by atoms with Gasteiger partial charge in [-0.25, -0.2) is 4.79 Å². The van der Waals surface area contributed by atoms with Gasteiger partial charge in [0, 0.05) is 11.6 Å². The molecular weight excluding hydrogens is 432 g/mol. The lowest BCUT2D eigenvalue weighted by Crippen LogP contribution is -2.45. The molecule has 2 aromatic carbocycles. The van der Waals surface area contributed by atoms with Gasteiger partial charge in [0.15, 0.2) is 5.76 Å². The molecule has 2 fully saturated rings. The van der Waals surface area contributed by atoms with E-state index in [0.29, 0.717) is 36.6 Å². The van der Waals surface area contributed by atoms with Crippen molar-refractivity contribution in [1.29, 1.82) is 0 Å². The molecular formula is C27H28N2O5. The van der Waals surface area contributed by atoms with Gasteiger partial charge in [-0.1, -0.05) is 53.7 Å². The van der Waals surface area contributed by atoms with E-state index in [-0.39, 0.29) is 12.1 Å². The number of hydrogen-bond donors (Lipinski definition) is 1. The summed E-state index contributed by atoms with van der Waals surface area (Å²) in [6.45, 7) is 3.95. The minimum Gasteiger partial charge on any atom is -0.481 e. The Labute approximate surface area is 198 Å². The lowest BCUT2D eigenvalue weighted by molar-refractivity contribution is -0.140. The van der Waals surface area contributed by atoms with E-state index in [9.17, 15) is 14.7 Å². The van der Waals surface area contributed by atoms with Crippen molar-refractivity contribution in [2.45, 2.75) is 57.4 Å². The van der Waals surface area contributed by atoms with Crippen molar-refractivity contribution in [1.82, 2.24) is 5.16 Å². The molecule has 0 atom stereocenters. The van der Waals surface area contributed by atoms with Crippen LogP contribution in [0.1, 0.15) is 50.3 Å². The molecule has 3 aromatic rings. The number of nitrogens with zero attached hydrogens (tertiary/aromatic N) is 2. The number of aromatic nitrogens is 1. The predicted molar refractivity (Wildman–Crippen MR) is 128 cm³/mol. The van der Waals surface area contributed by atoms with E-state index >= 15 is 0 Å². The molecule has 1 N–H and O–H groups in total. The lowest BCUT2D eigenvalue weighted by atomic mass is 9.91. The number of anilines is 1. The average Bonchev–Trinajstić information content (AvgIpc) is 3.54. The van der Waals surface area contributed by atoms with Crippen LogP contribution in [0.3, 0.4) is 0 Å². The van der Waals surface area contributed by atoms with Crippen LogP contribution in [0.4, 0.5) is 10.5 Å². The van der Waals surface area contributed by atoms with Crippen LogP contribution in [0, 0.1) is 6.92 Å². The zero-order valence-corrected chi connectivity index (χ0v) is 19.4. The van der Waals surface area contributed by atoms with E-state index in [1.807, 2.05) is 55.5 Å². The van der Waals surface area contributed by atoms with E-state index in [2.05, 4.69) is 5.16 Å². The van der Waals surface area contributed by atoms with E-state index in [1.54, 1.807) is 11.8 Å². The van der Waals surface area contributed by atoms with Crippen LogP contribution >= 0.6 is 0 Å². The molecule has 34 heavy (non-hydrogen) atoms. The Balaban J connectivity index is 1.42. The molecule has 0 bridgehead atoms. The number of carboxylic acids is 1. The summed E-state index contributed by atoms with van der Waals surface area (Å²) in [6.07, 6.45) is 3.97. The van der Waals surface area contributed by atoms with E-state index in [0.717, 1.165) is 41.5 Å². The van der Waals surface area contributed by atoms with Crippen molar-refractivity contribution in [2.75, 3.05) is 11.5 Å². The fraction of sp³-hybridized carbons (Fsp3) is 0.370. The minimum atomic E-state index is -0.749. The van der Waals surface area contributed by atoms with Gasteiger partial charge < -0.3 is 14.4 Å². The van der Waals surface area contributed by atoms with Gasteiger partial charge in [0.25, 0.3) is 0 Å². The second-order valence-electron chi connectivity index (χ2n) is 9.14. The van der Waals surface area contributed by atoms with Gasteiger partial charge in [0.1, 0.15) is 11.4 Å². The molecule has 1 amide bonds. The number of rotatable bonds is 7. The third kappa shape index (κ3) is 3.75. The maximum atomic E-state index is 12.8. The van der Waals surface area contributed by atoms with Crippen molar-refractivity contribution in [3.63, 3.8) is 0 Å². The summed E-state index contributed by atoms with van der Waals surface area (Å²) in [5.41, 5.74) is 4.33. The molecule has 0 aliphatic heterocycles. The molecule has 1 heterocycles. The third-order valence-corrected chi connectivity index (χ3v) is 7.05. The first-order valence-corrected chi connectivity index (χ1v) is 11.8. The second kappa shape index (κ2) is 8.63. The zero-order chi connectivity index (χ0) is 23.9. The van der Waals surface area contributed by atoms with Crippen molar-refractivity contribution < 1.29 is 24.0 Å². The van der Waals surface area contributed by atoms with Gasteiger partial charge in [-0.2, -0.15) is 0 Å². The molecule has 2 aliphatic rings. The Morgan fingerprint density at radius 1 is 1.06 bits per heavy atom. The van der Waals surface area contributed by atoms with Crippen LogP contribution < -0.4 is 4.90 Å². The number of carbonyl (C=O) groups is 2. The summed E-state index contributed by atoms with van der Waals surface area (Å²) in [5.74, 6) is -0.196. The molecule has 7 nitrogen and oxygen atoms in total. The number of benzene rings is 2. The molecule has 0 spiro atoms. The number of ether oxygens (including phenoxy) is 1. The summed E-state index contributed by atoms with van der Waals surface area (Å²) in [6, 6.07) is 15.8. The molecule has 0 unspecified atom stereocenters. The number of carbonyl (C=O) groups excluding carboxylic acids is 1. The fourth-order valence-corrected chi connectivity index (χ4v) is 4.65. The third-order valence-electron chi connectivity index (χ3n) is 7.05. The maximum Gasteiger partial charge on any atom is 0.414 e. The van der Waals surface area contributed by atoms with Crippen LogP contribution in [-0.2, 0) is 14.9 Å². The largest absolute Gasteiger partial charge is 0.481 e. The predicted octanol–water partition coefficient (Wildman–Crippen LogP) is 5.95. The number of carboxylic acid groups (broad SMARTS) is 1. The first-order chi connectivity index (χ1) is 16.4. The number of hydrogen-bond acceptors (Lipinski definition) is 5. The van der Waals surface area contributed by atoms with Crippen molar-refractivity contribution in [3.05, 3.63) is 59.8 Å². The summed E-state index contributed by atoms with van der Waals surface area (Å²) in [4.78, 5) is 26.1. The summed E-state index contributed by atoms with van der Waals surface area (Å²) >= 11 is 0. The highest BCUT2D eigenvalue weighted by Crippen LogP contribution is 2.48. The van der Waals surface area contributed by atoms with Gasteiger partial charge >= 0.3 is 12.1 Å². The maximum absolute atomic E-state index is 12.8. The summed E-state index contributed by atoms with van der Waals surface area (Å²) < 4.78 is 11.0. The van der Waals surface area contributed by atoms with Crippen molar-refractivity contribution in [3.8, 4) is 22.5 Å². The monoisotopic (exact) mass is 460 g/mol. The summed E-state index contributed by atoms with van der Waals surface area (Å²) in [7, 11) is 0. The first kappa shape index (κ1) is 22.2. The van der Waals surface area contributed by atoms with E-state index in [1.165, 1.54) is 0 Å². The van der Waals surface area contributed by atoms with Crippen LogP contribution in [0.5, 0.6) is 0 Å². The molecule has 2 saturated carbocycles. The number of aliphatic carboxylic acids is 1. The highest BCUT2D eigenvalue weighted by Gasteiger charge is 2.51. The highest BCUT2D eigenvalue weighted by atomic mass is 16.6. The SMILES string of the molecule is CCOC(=O)N(c1c(C)noc1-c1ccc(-c2ccc(C3(C(=O)O)CC3)cc2)cc1)C1CCC1.